The Morgan fingerprint density at radius 3 is 0.969 bits per heavy atom. The van der Waals surface area contributed by atoms with E-state index in [0.717, 1.165) is 37.4 Å². The van der Waals surface area contributed by atoms with Gasteiger partial charge < -0.3 is 18.7 Å². The number of benzene rings is 7. The van der Waals surface area contributed by atoms with Gasteiger partial charge in [0.1, 0.15) is 5.60 Å². The smallest absolute Gasteiger partial charge is 0.305 e. The Morgan fingerprint density at radius 1 is 0.438 bits per heavy atom. The van der Waals surface area contributed by atoms with Gasteiger partial charge in [0.25, 0.3) is 16.6 Å². The van der Waals surface area contributed by atoms with E-state index in [4.69, 9.17) is 13.6 Å². The Kier molecular flexibility index (Phi) is 14.5. The zero-order chi connectivity index (χ0) is 45.3. The Labute approximate surface area is 383 Å². The summed E-state index contributed by atoms with van der Waals surface area (Å²) in [6, 6.07) is 73.2. The number of carboxylic acid groups (broad SMARTS) is 1. The van der Waals surface area contributed by atoms with Crippen LogP contribution in [0, 0.1) is 0 Å². The lowest BCUT2D eigenvalue weighted by Crippen LogP contribution is -2.69. The monoisotopic (exact) mass is 882 g/mol. The molecule has 0 saturated carbocycles. The van der Waals surface area contributed by atoms with Crippen molar-refractivity contribution in [3.05, 3.63) is 229 Å². The summed E-state index contributed by atoms with van der Waals surface area (Å²) < 4.78 is 23.5. The number of hydrogen-bond donors (Lipinski definition) is 1. The van der Waals surface area contributed by atoms with Gasteiger partial charge in [-0.25, -0.2) is 0 Å². The third-order valence-corrected chi connectivity index (χ3v) is 22.7. The number of carbonyl (C=O) groups is 1. The molecule has 0 saturated heterocycles. The molecule has 328 valence electrons. The van der Waals surface area contributed by atoms with E-state index in [2.05, 4.69) is 211 Å². The summed E-state index contributed by atoms with van der Waals surface area (Å²) in [5.74, 6) is -0.930. The molecular formula is C57H62O5Si2. The lowest BCUT2D eigenvalue weighted by molar-refractivity contribution is -0.139. The van der Waals surface area contributed by atoms with Crippen LogP contribution in [-0.4, -0.2) is 46.5 Å². The Bertz CT molecular complexity index is 2320. The van der Waals surface area contributed by atoms with E-state index >= 15 is 0 Å². The highest BCUT2D eigenvalue weighted by Crippen LogP contribution is 2.44. The van der Waals surface area contributed by atoms with Gasteiger partial charge in [-0.2, -0.15) is 0 Å². The molecule has 0 bridgehead atoms. The molecule has 7 rings (SSSR count). The van der Waals surface area contributed by atoms with Crippen molar-refractivity contribution in [2.45, 2.75) is 82.3 Å². The predicted molar refractivity (Wildman–Crippen MR) is 267 cm³/mol. The van der Waals surface area contributed by atoms with E-state index in [1.807, 2.05) is 42.5 Å². The first-order valence-corrected chi connectivity index (χ1v) is 26.2. The van der Waals surface area contributed by atoms with Crippen LogP contribution in [0.2, 0.25) is 10.1 Å². The second kappa shape index (κ2) is 20.0. The fourth-order valence-electron chi connectivity index (χ4n) is 9.68. The number of rotatable bonds is 18. The summed E-state index contributed by atoms with van der Waals surface area (Å²) in [4.78, 5) is 13.2. The first-order chi connectivity index (χ1) is 30.8. The van der Waals surface area contributed by atoms with Gasteiger partial charge in [0.15, 0.2) is 0 Å². The van der Waals surface area contributed by atoms with Gasteiger partial charge in [-0.05, 0) is 47.5 Å². The highest BCUT2D eigenvalue weighted by molar-refractivity contribution is 7.00. The third kappa shape index (κ3) is 9.55. The second-order valence-corrected chi connectivity index (χ2v) is 27.2. The molecular weight excluding hydrogens is 821 g/mol. The average molecular weight is 883 g/mol. The fraction of sp³-hybridized carbons (Fsp3) is 0.246. The molecule has 2 unspecified atom stereocenters. The maximum Gasteiger partial charge on any atom is 0.305 e. The molecule has 5 nitrogen and oxygen atoms in total. The Balaban J connectivity index is 1.45. The zero-order valence-corrected chi connectivity index (χ0v) is 40.1. The quantitative estimate of drug-likeness (QED) is 0.0687. The van der Waals surface area contributed by atoms with E-state index in [0.29, 0.717) is 0 Å². The first kappa shape index (κ1) is 46.3. The van der Waals surface area contributed by atoms with Crippen LogP contribution in [0.5, 0.6) is 0 Å². The van der Waals surface area contributed by atoms with Crippen LogP contribution in [0.25, 0.3) is 0 Å². The maximum atomic E-state index is 13.2. The Morgan fingerprint density at radius 2 is 0.703 bits per heavy atom. The number of carboxylic acids is 1. The van der Waals surface area contributed by atoms with Crippen LogP contribution in [0.4, 0.5) is 0 Å². The maximum absolute atomic E-state index is 13.2. The van der Waals surface area contributed by atoms with Crippen molar-refractivity contribution in [2.75, 3.05) is 6.61 Å². The molecule has 0 fully saturated rings. The summed E-state index contributed by atoms with van der Waals surface area (Å²) >= 11 is 0. The molecule has 2 atom stereocenters. The van der Waals surface area contributed by atoms with E-state index in [1.165, 1.54) is 0 Å². The van der Waals surface area contributed by atoms with Crippen LogP contribution < -0.4 is 20.7 Å². The van der Waals surface area contributed by atoms with Crippen molar-refractivity contribution in [2.24, 2.45) is 0 Å². The normalized spacial score (nSPS) is 13.5. The summed E-state index contributed by atoms with van der Waals surface area (Å²) in [5.41, 5.74) is 1.88. The first-order valence-electron chi connectivity index (χ1n) is 22.4. The van der Waals surface area contributed by atoms with Crippen LogP contribution in [0.1, 0.15) is 71.1 Å². The molecule has 0 heterocycles. The minimum absolute atomic E-state index is 0.128. The molecule has 0 radical (unpaired) electrons. The molecule has 0 aliphatic heterocycles. The van der Waals surface area contributed by atoms with Gasteiger partial charge in [-0.15, -0.1) is 0 Å². The molecule has 0 aromatic heterocycles. The molecule has 64 heavy (non-hydrogen) atoms. The molecule has 0 amide bonds. The lowest BCUT2D eigenvalue weighted by Gasteiger charge is -2.48. The van der Waals surface area contributed by atoms with Crippen molar-refractivity contribution in [3.63, 3.8) is 0 Å². The average Bonchev–Trinajstić information content (AvgIpc) is 3.31. The van der Waals surface area contributed by atoms with Crippen LogP contribution >= 0.6 is 0 Å². The molecule has 7 aromatic rings. The Hall–Kier alpha value is -5.68. The van der Waals surface area contributed by atoms with E-state index < -0.39 is 40.4 Å². The lowest BCUT2D eigenvalue weighted by atomic mass is 9.80. The standard InChI is InChI=1S/C57H62O5Si2/c1-55(2,3)63(50-34-20-10-21-35-50,51-36-22-11-23-37-51)61-48(43-54(58)59)42-49(62-64(56(4,5)6,52-38-24-12-25-39-52)53-40-26-13-27-41-53)44-60-57(45-28-14-7-15-29-45,46-30-16-8-17-31-46)47-32-18-9-19-33-47/h7-41,48-49H,42-44H2,1-6H3,(H,58,59). The third-order valence-electron chi connectivity index (χ3n) is 12.5. The van der Waals surface area contributed by atoms with E-state index in [1.54, 1.807) is 0 Å². The van der Waals surface area contributed by atoms with Crippen molar-refractivity contribution in [1.29, 1.82) is 0 Å². The summed E-state index contributed by atoms with van der Waals surface area (Å²) in [6.07, 6.45) is -1.35. The minimum Gasteiger partial charge on any atom is -0.481 e. The predicted octanol–water partition coefficient (Wildman–Crippen LogP) is 10.8. The van der Waals surface area contributed by atoms with Crippen molar-refractivity contribution in [3.8, 4) is 0 Å². The largest absolute Gasteiger partial charge is 0.481 e. The highest BCUT2D eigenvalue weighted by atomic mass is 28.4. The highest BCUT2D eigenvalue weighted by Gasteiger charge is 2.54. The number of aliphatic carboxylic acids is 1. The number of hydrogen-bond acceptors (Lipinski definition) is 4. The van der Waals surface area contributed by atoms with E-state index in [9.17, 15) is 9.90 Å². The molecule has 1 N–H and O–H groups in total. The van der Waals surface area contributed by atoms with Crippen LogP contribution in [0.3, 0.4) is 0 Å². The number of ether oxygens (including phenoxy) is 1. The second-order valence-electron chi connectivity index (χ2n) is 18.7. The molecule has 7 heteroatoms. The topological polar surface area (TPSA) is 65.0 Å². The summed E-state index contributed by atoms with van der Waals surface area (Å²) in [5, 5.41) is 14.5. The van der Waals surface area contributed by atoms with Gasteiger partial charge in [0.2, 0.25) is 0 Å². The zero-order valence-electron chi connectivity index (χ0n) is 38.1. The van der Waals surface area contributed by atoms with E-state index in [-0.39, 0.29) is 29.5 Å². The molecule has 7 aromatic carbocycles. The fourth-order valence-corrected chi connectivity index (χ4v) is 19.1. The van der Waals surface area contributed by atoms with Gasteiger partial charge in [0.05, 0.1) is 25.2 Å². The van der Waals surface area contributed by atoms with Gasteiger partial charge in [-0.1, -0.05) is 254 Å². The summed E-state index contributed by atoms with van der Waals surface area (Å²) in [7, 11) is -6.48. The summed E-state index contributed by atoms with van der Waals surface area (Å²) in [6.45, 7) is 13.6. The minimum atomic E-state index is -3.25. The van der Waals surface area contributed by atoms with Crippen molar-refractivity contribution < 1.29 is 23.5 Å². The SMILES string of the molecule is CC(C)(C)[Si](OC(COC(c1ccccc1)(c1ccccc1)c1ccccc1)CC(CC(=O)O)O[Si](c1ccccc1)(c1ccccc1)C(C)(C)C)(c1ccccc1)c1ccccc1. The van der Waals surface area contributed by atoms with Crippen molar-refractivity contribution >= 4 is 43.4 Å². The van der Waals surface area contributed by atoms with Gasteiger partial charge in [0, 0.05) is 6.42 Å². The van der Waals surface area contributed by atoms with Crippen LogP contribution in [0.15, 0.2) is 212 Å². The van der Waals surface area contributed by atoms with Crippen molar-refractivity contribution in [1.82, 2.24) is 0 Å². The van der Waals surface area contributed by atoms with Crippen LogP contribution in [-0.2, 0) is 24.0 Å². The molecule has 0 aliphatic rings. The molecule has 0 spiro atoms. The molecule has 0 aliphatic carbocycles. The van der Waals surface area contributed by atoms with Gasteiger partial charge in [-0.3, -0.25) is 4.79 Å². The van der Waals surface area contributed by atoms with Gasteiger partial charge >= 0.3 is 5.97 Å².